The second-order valence-electron chi connectivity index (χ2n) is 4.99. The summed E-state index contributed by atoms with van der Waals surface area (Å²) < 4.78 is 2.29. The van der Waals surface area contributed by atoms with Crippen molar-refractivity contribution < 1.29 is 5.11 Å². The van der Waals surface area contributed by atoms with Gasteiger partial charge in [0, 0.05) is 36.6 Å². The predicted molar refractivity (Wildman–Crippen MR) is 69.4 cm³/mol. The van der Waals surface area contributed by atoms with Crippen LogP contribution in [0.25, 0.3) is 10.9 Å². The van der Waals surface area contributed by atoms with E-state index < -0.39 is 0 Å². The van der Waals surface area contributed by atoms with E-state index in [1.807, 2.05) is 6.07 Å². The Morgan fingerprint density at radius 2 is 2.18 bits per heavy atom. The summed E-state index contributed by atoms with van der Waals surface area (Å²) in [4.78, 5) is 0. The zero-order valence-electron chi connectivity index (χ0n) is 10.3. The van der Waals surface area contributed by atoms with Crippen LogP contribution in [-0.2, 0) is 13.0 Å². The zero-order valence-corrected chi connectivity index (χ0v) is 10.3. The molecule has 0 spiro atoms. The van der Waals surface area contributed by atoms with Crippen LogP contribution in [0.4, 0.5) is 0 Å². The first-order chi connectivity index (χ1) is 8.20. The molecule has 0 amide bonds. The van der Waals surface area contributed by atoms with Gasteiger partial charge in [-0.3, -0.25) is 0 Å². The summed E-state index contributed by atoms with van der Waals surface area (Å²) in [6.07, 6.45) is 1.04. The number of fused-ring (bicyclic) bond motifs is 3. The summed E-state index contributed by atoms with van der Waals surface area (Å²) >= 11 is 0. The number of nitrogens with one attached hydrogen (secondary N) is 1. The maximum Gasteiger partial charge on any atom is 0.139 e. The van der Waals surface area contributed by atoms with E-state index in [0.717, 1.165) is 25.0 Å². The predicted octanol–water partition coefficient (Wildman–Crippen LogP) is 2.57. The van der Waals surface area contributed by atoms with Crippen molar-refractivity contribution in [1.82, 2.24) is 9.88 Å². The van der Waals surface area contributed by atoms with Crippen LogP contribution in [-0.4, -0.2) is 16.2 Å². The summed E-state index contributed by atoms with van der Waals surface area (Å²) in [5, 5.41) is 14.7. The van der Waals surface area contributed by atoms with Crippen molar-refractivity contribution in [1.29, 1.82) is 0 Å². The molecule has 0 aliphatic carbocycles. The minimum Gasteiger partial charge on any atom is -0.506 e. The average Bonchev–Trinajstić information content (AvgIpc) is 2.65. The first-order valence-corrected chi connectivity index (χ1v) is 6.24. The number of nitrogens with zero attached hydrogens (tertiary/aromatic N) is 1. The van der Waals surface area contributed by atoms with Crippen LogP contribution in [0.1, 0.15) is 31.1 Å². The van der Waals surface area contributed by atoms with Crippen molar-refractivity contribution in [3.05, 3.63) is 29.5 Å². The van der Waals surface area contributed by atoms with Crippen LogP contribution < -0.4 is 5.32 Å². The van der Waals surface area contributed by atoms with E-state index in [4.69, 9.17) is 0 Å². The molecule has 90 valence electrons. The third kappa shape index (κ3) is 1.46. The van der Waals surface area contributed by atoms with Crippen molar-refractivity contribution in [3.63, 3.8) is 0 Å². The molecule has 3 nitrogen and oxygen atoms in total. The number of phenolic OH excluding ortho intramolecular Hbond substituents is 1. The second kappa shape index (κ2) is 3.77. The van der Waals surface area contributed by atoms with Crippen molar-refractivity contribution in [2.45, 2.75) is 32.9 Å². The lowest BCUT2D eigenvalue weighted by molar-refractivity contribution is 0.472. The monoisotopic (exact) mass is 230 g/mol. The van der Waals surface area contributed by atoms with Gasteiger partial charge >= 0.3 is 0 Å². The standard InChI is InChI=1S/C14H18N2O/c1-9(2)16-12-6-7-15-8-11(12)10-4-3-5-13(17)14(10)16/h3-5,9,15,17H,6-8H2,1-2H3. The first kappa shape index (κ1) is 10.7. The highest BCUT2D eigenvalue weighted by Crippen LogP contribution is 2.35. The molecule has 0 unspecified atom stereocenters. The van der Waals surface area contributed by atoms with Crippen LogP contribution in [0.5, 0.6) is 5.75 Å². The maximum absolute atomic E-state index is 10.1. The van der Waals surface area contributed by atoms with Crippen LogP contribution >= 0.6 is 0 Å². The number of benzene rings is 1. The van der Waals surface area contributed by atoms with E-state index >= 15 is 0 Å². The van der Waals surface area contributed by atoms with Gasteiger partial charge in [-0.05, 0) is 25.5 Å². The number of para-hydroxylation sites is 1. The van der Waals surface area contributed by atoms with E-state index in [0.29, 0.717) is 11.8 Å². The Bertz CT molecular complexity index is 569. The van der Waals surface area contributed by atoms with Crippen LogP contribution in [0, 0.1) is 0 Å². The Hall–Kier alpha value is -1.48. The third-order valence-corrected chi connectivity index (χ3v) is 3.58. The SMILES string of the molecule is CC(C)n1c2c(c3cccc(O)c31)CNCC2. The molecule has 0 saturated heterocycles. The summed E-state index contributed by atoms with van der Waals surface area (Å²) in [6.45, 7) is 6.29. The van der Waals surface area contributed by atoms with E-state index in [9.17, 15) is 5.11 Å². The Morgan fingerprint density at radius 3 is 2.94 bits per heavy atom. The molecule has 17 heavy (non-hydrogen) atoms. The highest BCUT2D eigenvalue weighted by atomic mass is 16.3. The van der Waals surface area contributed by atoms with Gasteiger partial charge in [-0.15, -0.1) is 0 Å². The molecule has 2 aromatic rings. The van der Waals surface area contributed by atoms with Crippen LogP contribution in [0.2, 0.25) is 0 Å². The molecular weight excluding hydrogens is 212 g/mol. The minimum atomic E-state index is 0.382. The lowest BCUT2D eigenvalue weighted by Gasteiger charge is -2.19. The van der Waals surface area contributed by atoms with Crippen LogP contribution in [0.3, 0.4) is 0 Å². The van der Waals surface area contributed by atoms with Gasteiger partial charge in [0.25, 0.3) is 0 Å². The second-order valence-corrected chi connectivity index (χ2v) is 4.99. The molecule has 0 bridgehead atoms. The molecule has 0 atom stereocenters. The summed E-state index contributed by atoms with van der Waals surface area (Å²) in [5.41, 5.74) is 3.74. The lowest BCUT2D eigenvalue weighted by atomic mass is 10.1. The number of aromatic nitrogens is 1. The highest BCUT2D eigenvalue weighted by molar-refractivity contribution is 5.90. The lowest BCUT2D eigenvalue weighted by Crippen LogP contribution is -2.25. The van der Waals surface area contributed by atoms with Crippen molar-refractivity contribution in [2.75, 3.05) is 6.54 Å². The zero-order chi connectivity index (χ0) is 12.0. The van der Waals surface area contributed by atoms with Gasteiger partial charge in [-0.25, -0.2) is 0 Å². The molecule has 2 N–H and O–H groups in total. The molecule has 3 rings (SSSR count). The van der Waals surface area contributed by atoms with Gasteiger partial charge in [-0.1, -0.05) is 12.1 Å². The van der Waals surface area contributed by atoms with Gasteiger partial charge in [0.05, 0.1) is 5.52 Å². The summed E-state index contributed by atoms with van der Waals surface area (Å²) in [5.74, 6) is 0.394. The Balaban J connectivity index is 2.42. The smallest absolute Gasteiger partial charge is 0.139 e. The van der Waals surface area contributed by atoms with Gasteiger partial charge in [-0.2, -0.15) is 0 Å². The molecule has 3 heteroatoms. The highest BCUT2D eigenvalue weighted by Gasteiger charge is 2.22. The van der Waals surface area contributed by atoms with Gasteiger partial charge < -0.3 is 15.0 Å². The fraction of sp³-hybridized carbons (Fsp3) is 0.429. The van der Waals surface area contributed by atoms with E-state index in [2.05, 4.69) is 29.8 Å². The summed E-state index contributed by atoms with van der Waals surface area (Å²) in [7, 11) is 0. The van der Waals surface area contributed by atoms with Crippen molar-refractivity contribution in [2.24, 2.45) is 0 Å². The quantitative estimate of drug-likeness (QED) is 0.790. The normalized spacial score (nSPS) is 15.5. The van der Waals surface area contributed by atoms with E-state index in [1.165, 1.54) is 16.6 Å². The molecule has 1 aromatic heterocycles. The van der Waals surface area contributed by atoms with Gasteiger partial charge in [0.15, 0.2) is 0 Å². The topological polar surface area (TPSA) is 37.2 Å². The number of hydrogen-bond donors (Lipinski definition) is 2. The number of aromatic hydroxyl groups is 1. The molecule has 0 saturated carbocycles. The Morgan fingerprint density at radius 1 is 1.35 bits per heavy atom. The fourth-order valence-electron chi connectivity index (χ4n) is 2.92. The largest absolute Gasteiger partial charge is 0.506 e. The molecule has 0 radical (unpaired) electrons. The van der Waals surface area contributed by atoms with Crippen molar-refractivity contribution in [3.8, 4) is 5.75 Å². The number of hydrogen-bond acceptors (Lipinski definition) is 2. The third-order valence-electron chi connectivity index (χ3n) is 3.58. The molecule has 1 aliphatic heterocycles. The summed E-state index contributed by atoms with van der Waals surface area (Å²) in [6, 6.07) is 6.20. The van der Waals surface area contributed by atoms with Crippen molar-refractivity contribution >= 4 is 10.9 Å². The number of phenols is 1. The molecule has 2 heterocycles. The van der Waals surface area contributed by atoms with Crippen LogP contribution in [0.15, 0.2) is 18.2 Å². The van der Waals surface area contributed by atoms with E-state index in [-0.39, 0.29) is 0 Å². The fourth-order valence-corrected chi connectivity index (χ4v) is 2.92. The first-order valence-electron chi connectivity index (χ1n) is 6.24. The average molecular weight is 230 g/mol. The Labute approximate surface area is 101 Å². The van der Waals surface area contributed by atoms with Gasteiger partial charge in [0.2, 0.25) is 0 Å². The molecule has 1 aliphatic rings. The molecule has 0 fully saturated rings. The van der Waals surface area contributed by atoms with E-state index in [1.54, 1.807) is 6.07 Å². The maximum atomic E-state index is 10.1. The minimum absolute atomic E-state index is 0.382. The molecular formula is C14H18N2O. The number of rotatable bonds is 1. The Kier molecular flexibility index (Phi) is 2.37. The molecule has 1 aromatic carbocycles. The van der Waals surface area contributed by atoms with Gasteiger partial charge in [0.1, 0.15) is 5.75 Å².